The number of benzene rings is 1. The van der Waals surface area contributed by atoms with Crippen molar-refractivity contribution in [2.24, 2.45) is 0 Å². The van der Waals surface area contributed by atoms with Crippen LogP contribution >= 0.6 is 0 Å². The van der Waals surface area contributed by atoms with Gasteiger partial charge >= 0.3 is 0 Å². The Hall–Kier alpha value is -1.71. The van der Waals surface area contributed by atoms with Gasteiger partial charge in [-0.25, -0.2) is 0 Å². The SMILES string of the molecule is Nc1cc(CCC(=O)NC2CCCCC2)ccc1N1CCCC1. The van der Waals surface area contributed by atoms with Crippen molar-refractivity contribution in [3.63, 3.8) is 0 Å². The van der Waals surface area contributed by atoms with E-state index in [0.29, 0.717) is 12.5 Å². The third kappa shape index (κ3) is 4.40. The molecule has 1 aliphatic carbocycles. The average molecular weight is 315 g/mol. The number of hydrogen-bond donors (Lipinski definition) is 2. The van der Waals surface area contributed by atoms with E-state index in [2.05, 4.69) is 22.3 Å². The van der Waals surface area contributed by atoms with Crippen LogP contribution in [0.3, 0.4) is 0 Å². The van der Waals surface area contributed by atoms with Crippen molar-refractivity contribution < 1.29 is 4.79 Å². The van der Waals surface area contributed by atoms with Crippen molar-refractivity contribution in [2.75, 3.05) is 23.7 Å². The number of nitrogens with zero attached hydrogens (tertiary/aromatic N) is 1. The van der Waals surface area contributed by atoms with Gasteiger partial charge in [0, 0.05) is 25.6 Å². The summed E-state index contributed by atoms with van der Waals surface area (Å²) in [5.74, 6) is 0.180. The maximum atomic E-state index is 12.1. The van der Waals surface area contributed by atoms with Gasteiger partial charge in [0.15, 0.2) is 0 Å². The number of amides is 1. The highest BCUT2D eigenvalue weighted by molar-refractivity contribution is 5.76. The van der Waals surface area contributed by atoms with Crippen molar-refractivity contribution in [3.8, 4) is 0 Å². The van der Waals surface area contributed by atoms with E-state index in [9.17, 15) is 4.79 Å². The lowest BCUT2D eigenvalue weighted by Crippen LogP contribution is -2.36. The van der Waals surface area contributed by atoms with E-state index in [1.807, 2.05) is 6.07 Å². The molecule has 1 heterocycles. The van der Waals surface area contributed by atoms with Crippen LogP contribution in [0.1, 0.15) is 56.9 Å². The van der Waals surface area contributed by atoms with Gasteiger partial charge < -0.3 is 16.0 Å². The number of nitrogens with one attached hydrogen (secondary N) is 1. The molecule has 1 aliphatic heterocycles. The fraction of sp³-hybridized carbons (Fsp3) is 0.632. The first-order chi connectivity index (χ1) is 11.2. The van der Waals surface area contributed by atoms with Gasteiger partial charge in [-0.2, -0.15) is 0 Å². The second-order valence-corrected chi connectivity index (χ2v) is 6.99. The molecule has 23 heavy (non-hydrogen) atoms. The van der Waals surface area contributed by atoms with Gasteiger partial charge in [-0.1, -0.05) is 25.3 Å². The second kappa shape index (κ2) is 7.71. The van der Waals surface area contributed by atoms with Gasteiger partial charge in [-0.3, -0.25) is 4.79 Å². The smallest absolute Gasteiger partial charge is 0.220 e. The van der Waals surface area contributed by atoms with Gasteiger partial charge in [0.1, 0.15) is 0 Å². The molecule has 0 spiro atoms. The normalized spacial score (nSPS) is 19.0. The maximum absolute atomic E-state index is 12.1. The minimum atomic E-state index is 0.180. The highest BCUT2D eigenvalue weighted by Gasteiger charge is 2.17. The molecule has 4 nitrogen and oxygen atoms in total. The van der Waals surface area contributed by atoms with Crippen LogP contribution < -0.4 is 16.0 Å². The lowest BCUT2D eigenvalue weighted by Gasteiger charge is -2.23. The molecule has 1 amide bonds. The molecule has 1 aromatic carbocycles. The summed E-state index contributed by atoms with van der Waals surface area (Å²) in [6, 6.07) is 6.69. The first kappa shape index (κ1) is 16.2. The average Bonchev–Trinajstić information content (AvgIpc) is 3.08. The van der Waals surface area contributed by atoms with Crippen LogP contribution in [0, 0.1) is 0 Å². The fourth-order valence-corrected chi connectivity index (χ4v) is 3.81. The molecule has 2 aliphatic rings. The first-order valence-corrected chi connectivity index (χ1v) is 9.15. The Morgan fingerprint density at radius 3 is 2.57 bits per heavy atom. The van der Waals surface area contributed by atoms with E-state index in [4.69, 9.17) is 5.73 Å². The van der Waals surface area contributed by atoms with Crippen LogP contribution in [-0.4, -0.2) is 25.0 Å². The quantitative estimate of drug-likeness (QED) is 0.820. The highest BCUT2D eigenvalue weighted by Crippen LogP contribution is 2.28. The number of carbonyl (C=O) groups excluding carboxylic acids is 1. The van der Waals surface area contributed by atoms with Crippen molar-refractivity contribution in [1.82, 2.24) is 5.32 Å². The molecule has 1 aromatic rings. The molecule has 0 unspecified atom stereocenters. The van der Waals surface area contributed by atoms with Crippen molar-refractivity contribution in [1.29, 1.82) is 0 Å². The van der Waals surface area contributed by atoms with Crippen LogP contribution in [0.5, 0.6) is 0 Å². The number of aryl methyl sites for hydroxylation is 1. The maximum Gasteiger partial charge on any atom is 0.220 e. The molecular weight excluding hydrogens is 286 g/mol. The second-order valence-electron chi connectivity index (χ2n) is 6.99. The van der Waals surface area contributed by atoms with Crippen LogP contribution in [0.15, 0.2) is 18.2 Å². The summed E-state index contributed by atoms with van der Waals surface area (Å²) < 4.78 is 0. The number of carbonyl (C=O) groups is 1. The summed E-state index contributed by atoms with van der Waals surface area (Å²) in [5, 5.41) is 3.18. The summed E-state index contributed by atoms with van der Waals surface area (Å²) in [6.07, 6.45) is 9.92. The standard InChI is InChI=1S/C19H29N3O/c20-17-14-15(8-10-18(17)22-12-4-5-13-22)9-11-19(23)21-16-6-2-1-3-7-16/h8,10,14,16H,1-7,9,11-13,20H2,(H,21,23). The molecule has 0 aromatic heterocycles. The van der Waals surface area contributed by atoms with Crippen LogP contribution in [0.2, 0.25) is 0 Å². The summed E-state index contributed by atoms with van der Waals surface area (Å²) in [5.41, 5.74) is 9.37. The third-order valence-electron chi connectivity index (χ3n) is 5.15. The number of rotatable bonds is 5. The highest BCUT2D eigenvalue weighted by atomic mass is 16.1. The fourth-order valence-electron chi connectivity index (χ4n) is 3.81. The van der Waals surface area contributed by atoms with E-state index in [0.717, 1.165) is 49.3 Å². The van der Waals surface area contributed by atoms with Crippen LogP contribution in [-0.2, 0) is 11.2 Å². The van der Waals surface area contributed by atoms with Crippen molar-refractivity contribution >= 4 is 17.3 Å². The zero-order valence-corrected chi connectivity index (χ0v) is 14.0. The van der Waals surface area contributed by atoms with Gasteiger partial charge in [-0.05, 0) is 49.8 Å². The molecule has 1 saturated heterocycles. The Labute approximate surface area is 139 Å². The van der Waals surface area contributed by atoms with E-state index in [-0.39, 0.29) is 5.91 Å². The molecular formula is C19H29N3O. The number of nitrogen functional groups attached to an aromatic ring is 1. The Morgan fingerprint density at radius 1 is 1.13 bits per heavy atom. The zero-order chi connectivity index (χ0) is 16.1. The number of anilines is 2. The molecule has 0 radical (unpaired) electrons. The number of nitrogens with two attached hydrogens (primary N) is 1. The minimum Gasteiger partial charge on any atom is -0.397 e. The van der Waals surface area contributed by atoms with Gasteiger partial charge in [-0.15, -0.1) is 0 Å². The lowest BCUT2D eigenvalue weighted by molar-refractivity contribution is -0.121. The molecule has 4 heteroatoms. The summed E-state index contributed by atoms with van der Waals surface area (Å²) in [4.78, 5) is 14.5. The topological polar surface area (TPSA) is 58.4 Å². The summed E-state index contributed by atoms with van der Waals surface area (Å²) >= 11 is 0. The Morgan fingerprint density at radius 2 is 1.87 bits per heavy atom. The molecule has 1 saturated carbocycles. The Kier molecular flexibility index (Phi) is 5.42. The molecule has 0 atom stereocenters. The monoisotopic (exact) mass is 315 g/mol. The van der Waals surface area contributed by atoms with E-state index in [1.54, 1.807) is 0 Å². The van der Waals surface area contributed by atoms with Crippen molar-refractivity contribution in [2.45, 2.75) is 63.8 Å². The minimum absolute atomic E-state index is 0.180. The van der Waals surface area contributed by atoms with E-state index < -0.39 is 0 Å². The van der Waals surface area contributed by atoms with Crippen molar-refractivity contribution in [3.05, 3.63) is 23.8 Å². The number of hydrogen-bond acceptors (Lipinski definition) is 3. The largest absolute Gasteiger partial charge is 0.397 e. The van der Waals surface area contributed by atoms with Gasteiger partial charge in [0.25, 0.3) is 0 Å². The predicted molar refractivity (Wildman–Crippen MR) is 95.6 cm³/mol. The molecule has 2 fully saturated rings. The molecule has 3 rings (SSSR count). The van der Waals surface area contributed by atoms with Crippen LogP contribution in [0.25, 0.3) is 0 Å². The van der Waals surface area contributed by atoms with Gasteiger partial charge in [0.05, 0.1) is 11.4 Å². The van der Waals surface area contributed by atoms with E-state index >= 15 is 0 Å². The van der Waals surface area contributed by atoms with Crippen LogP contribution in [0.4, 0.5) is 11.4 Å². The molecule has 3 N–H and O–H groups in total. The molecule has 0 bridgehead atoms. The first-order valence-electron chi connectivity index (χ1n) is 9.15. The summed E-state index contributed by atoms with van der Waals surface area (Å²) in [6.45, 7) is 2.21. The Balaban J connectivity index is 1.49. The van der Waals surface area contributed by atoms with E-state index in [1.165, 1.54) is 32.1 Å². The predicted octanol–water partition coefficient (Wildman–Crippen LogP) is 3.25. The zero-order valence-electron chi connectivity index (χ0n) is 14.0. The Bertz CT molecular complexity index is 531. The third-order valence-corrected chi connectivity index (χ3v) is 5.15. The summed E-state index contributed by atoms with van der Waals surface area (Å²) in [7, 11) is 0. The lowest BCUT2D eigenvalue weighted by atomic mass is 9.95. The van der Waals surface area contributed by atoms with Gasteiger partial charge in [0.2, 0.25) is 5.91 Å². The molecule has 126 valence electrons.